The number of anilines is 1. The van der Waals surface area contributed by atoms with Crippen LogP contribution in [0, 0.1) is 0 Å². The standard InChI is InChI=1S/C16H24N4O3S/c1-15(2,3)23-14(21)19-13-20-16(4,6-7-24-13)11-8-10(17)9-18-12(11)22-5/h8-9H,6-7,17H2,1-5H3,(H,19,20,21)/t16-/m0/s1. The number of aromatic nitrogens is 1. The van der Waals surface area contributed by atoms with Gasteiger partial charge in [-0.2, -0.15) is 0 Å². The number of nitrogens with one attached hydrogen (secondary N) is 1. The number of alkyl carbamates (subject to hydrolysis) is 1. The summed E-state index contributed by atoms with van der Waals surface area (Å²) in [6.45, 7) is 7.42. The number of hydrogen-bond donors (Lipinski definition) is 2. The average molecular weight is 352 g/mol. The average Bonchev–Trinajstić information content (AvgIpc) is 2.45. The second-order valence-electron chi connectivity index (χ2n) is 6.74. The number of carbonyl (C=O) groups excluding carboxylic acids is 1. The van der Waals surface area contributed by atoms with E-state index in [0.29, 0.717) is 16.7 Å². The second kappa shape index (κ2) is 6.88. The number of hydrogen-bond acceptors (Lipinski definition) is 7. The van der Waals surface area contributed by atoms with Crippen LogP contribution in [0.3, 0.4) is 0 Å². The molecule has 0 aromatic carbocycles. The van der Waals surface area contributed by atoms with E-state index in [1.54, 1.807) is 13.3 Å². The van der Waals surface area contributed by atoms with Crippen molar-refractivity contribution in [3.8, 4) is 5.88 Å². The lowest BCUT2D eigenvalue weighted by Crippen LogP contribution is -2.38. The van der Waals surface area contributed by atoms with Gasteiger partial charge in [0, 0.05) is 11.3 Å². The highest BCUT2D eigenvalue weighted by Gasteiger charge is 2.34. The molecule has 0 aliphatic carbocycles. The molecule has 1 aliphatic heterocycles. The quantitative estimate of drug-likeness (QED) is 0.849. The monoisotopic (exact) mass is 352 g/mol. The minimum atomic E-state index is -0.580. The van der Waals surface area contributed by atoms with Gasteiger partial charge in [0.2, 0.25) is 5.88 Å². The molecule has 3 N–H and O–H groups in total. The molecule has 2 heterocycles. The van der Waals surface area contributed by atoms with E-state index in [4.69, 9.17) is 20.2 Å². The van der Waals surface area contributed by atoms with Crippen LogP contribution in [0.15, 0.2) is 17.3 Å². The number of nitrogens with zero attached hydrogens (tertiary/aromatic N) is 2. The Bertz CT molecular complexity index is 657. The van der Waals surface area contributed by atoms with Gasteiger partial charge in [0.25, 0.3) is 0 Å². The van der Waals surface area contributed by atoms with E-state index in [0.717, 1.165) is 17.7 Å². The van der Waals surface area contributed by atoms with Gasteiger partial charge in [-0.1, -0.05) is 11.8 Å². The number of amidine groups is 1. The number of nitrogen functional groups attached to an aromatic ring is 1. The van der Waals surface area contributed by atoms with Crippen molar-refractivity contribution in [2.75, 3.05) is 18.6 Å². The smallest absolute Gasteiger partial charge is 0.413 e. The van der Waals surface area contributed by atoms with Crippen LogP contribution >= 0.6 is 11.8 Å². The molecule has 0 saturated carbocycles. The van der Waals surface area contributed by atoms with Gasteiger partial charge in [-0.15, -0.1) is 0 Å². The molecule has 0 fully saturated rings. The Morgan fingerprint density at radius 1 is 1.46 bits per heavy atom. The summed E-state index contributed by atoms with van der Waals surface area (Å²) in [5, 5.41) is 3.23. The summed E-state index contributed by atoms with van der Waals surface area (Å²) >= 11 is 1.48. The van der Waals surface area contributed by atoms with Crippen LogP contribution in [-0.4, -0.2) is 34.7 Å². The zero-order valence-electron chi connectivity index (χ0n) is 14.7. The Morgan fingerprint density at radius 2 is 2.17 bits per heavy atom. The van der Waals surface area contributed by atoms with Gasteiger partial charge in [-0.25, -0.2) is 9.78 Å². The number of thioether (sulfide) groups is 1. The molecule has 1 amide bonds. The zero-order valence-corrected chi connectivity index (χ0v) is 15.5. The summed E-state index contributed by atoms with van der Waals surface area (Å²) in [5.74, 6) is 1.28. The largest absolute Gasteiger partial charge is 0.481 e. The normalized spacial score (nSPS) is 21.0. The SMILES string of the molecule is COc1ncc(N)cc1[C@]1(C)CCSC(NC(=O)OC(C)(C)C)=N1. The van der Waals surface area contributed by atoms with Gasteiger partial charge in [-0.3, -0.25) is 10.3 Å². The molecule has 8 heteroatoms. The summed E-state index contributed by atoms with van der Waals surface area (Å²) in [7, 11) is 1.56. The molecule has 1 aliphatic rings. The summed E-state index contributed by atoms with van der Waals surface area (Å²) in [6.07, 6.45) is 1.81. The molecule has 24 heavy (non-hydrogen) atoms. The maximum Gasteiger partial charge on any atom is 0.413 e. The fourth-order valence-corrected chi connectivity index (χ4v) is 3.44. The lowest BCUT2D eigenvalue weighted by Gasteiger charge is -2.31. The molecule has 0 spiro atoms. The Morgan fingerprint density at radius 3 is 2.79 bits per heavy atom. The molecule has 1 atom stereocenters. The number of amides is 1. The van der Waals surface area contributed by atoms with E-state index in [1.807, 2.05) is 33.8 Å². The molecular formula is C16H24N4O3S. The van der Waals surface area contributed by atoms with Crippen molar-refractivity contribution in [2.24, 2.45) is 4.99 Å². The van der Waals surface area contributed by atoms with Crippen LogP contribution in [0.5, 0.6) is 5.88 Å². The van der Waals surface area contributed by atoms with E-state index in [2.05, 4.69) is 10.3 Å². The maximum absolute atomic E-state index is 12.0. The Kier molecular flexibility index (Phi) is 5.27. The number of ether oxygens (including phenoxy) is 2. The summed E-state index contributed by atoms with van der Waals surface area (Å²) in [6, 6.07) is 1.82. The predicted molar refractivity (Wildman–Crippen MR) is 96.4 cm³/mol. The van der Waals surface area contributed by atoms with E-state index in [-0.39, 0.29) is 0 Å². The zero-order chi connectivity index (χ0) is 18.0. The first-order valence-corrected chi connectivity index (χ1v) is 8.64. The molecule has 0 bridgehead atoms. The fraction of sp³-hybridized carbons (Fsp3) is 0.562. The minimum Gasteiger partial charge on any atom is -0.481 e. The van der Waals surface area contributed by atoms with Crippen molar-refractivity contribution >= 4 is 28.7 Å². The number of carbonyl (C=O) groups is 1. The molecular weight excluding hydrogens is 328 g/mol. The Labute approximate surface area is 146 Å². The van der Waals surface area contributed by atoms with E-state index >= 15 is 0 Å². The lowest BCUT2D eigenvalue weighted by molar-refractivity contribution is 0.0564. The highest BCUT2D eigenvalue weighted by molar-refractivity contribution is 8.13. The molecule has 2 rings (SSSR count). The van der Waals surface area contributed by atoms with Crippen molar-refractivity contribution in [1.29, 1.82) is 0 Å². The molecule has 1 aromatic rings. The van der Waals surface area contributed by atoms with Crippen LogP contribution in [0.25, 0.3) is 0 Å². The maximum atomic E-state index is 12.0. The highest BCUT2D eigenvalue weighted by Crippen LogP contribution is 2.39. The van der Waals surface area contributed by atoms with Crippen LogP contribution in [-0.2, 0) is 10.3 Å². The number of rotatable bonds is 2. The van der Waals surface area contributed by atoms with Crippen LogP contribution < -0.4 is 15.8 Å². The third-order valence-electron chi connectivity index (χ3n) is 3.43. The molecule has 7 nitrogen and oxygen atoms in total. The molecule has 0 saturated heterocycles. The van der Waals surface area contributed by atoms with E-state index < -0.39 is 17.2 Å². The lowest BCUT2D eigenvalue weighted by atomic mass is 9.90. The van der Waals surface area contributed by atoms with E-state index in [1.165, 1.54) is 11.8 Å². The van der Waals surface area contributed by atoms with Gasteiger partial charge < -0.3 is 15.2 Å². The summed E-state index contributed by atoms with van der Waals surface area (Å²) in [4.78, 5) is 20.9. The van der Waals surface area contributed by atoms with Crippen molar-refractivity contribution < 1.29 is 14.3 Å². The number of nitrogens with two attached hydrogens (primary N) is 1. The molecule has 0 radical (unpaired) electrons. The Balaban J connectivity index is 2.27. The first-order chi connectivity index (χ1) is 11.1. The van der Waals surface area contributed by atoms with Crippen LogP contribution in [0.1, 0.15) is 39.7 Å². The first-order valence-electron chi connectivity index (χ1n) is 7.65. The number of methoxy groups -OCH3 is 1. The van der Waals surface area contributed by atoms with E-state index in [9.17, 15) is 4.79 Å². The van der Waals surface area contributed by atoms with Crippen LogP contribution in [0.2, 0.25) is 0 Å². The van der Waals surface area contributed by atoms with Crippen molar-refractivity contribution in [3.05, 3.63) is 17.8 Å². The highest BCUT2D eigenvalue weighted by atomic mass is 32.2. The summed E-state index contributed by atoms with van der Waals surface area (Å²) < 4.78 is 10.6. The molecule has 1 aromatic heterocycles. The molecule has 0 unspecified atom stereocenters. The Hall–Kier alpha value is -1.96. The second-order valence-corrected chi connectivity index (χ2v) is 7.83. The fourth-order valence-electron chi connectivity index (χ4n) is 2.33. The van der Waals surface area contributed by atoms with Crippen LogP contribution in [0.4, 0.5) is 10.5 Å². The van der Waals surface area contributed by atoms with Crippen molar-refractivity contribution in [1.82, 2.24) is 10.3 Å². The van der Waals surface area contributed by atoms with Gasteiger partial charge in [0.05, 0.1) is 24.5 Å². The molecule has 132 valence electrons. The first kappa shape index (κ1) is 18.4. The van der Waals surface area contributed by atoms with Gasteiger partial charge in [0.1, 0.15) is 5.60 Å². The number of pyridine rings is 1. The van der Waals surface area contributed by atoms with Crippen molar-refractivity contribution in [3.63, 3.8) is 0 Å². The minimum absolute atomic E-state index is 0.485. The third kappa shape index (κ3) is 4.53. The summed E-state index contributed by atoms with van der Waals surface area (Å²) in [5.41, 5.74) is 6.07. The van der Waals surface area contributed by atoms with Gasteiger partial charge >= 0.3 is 6.09 Å². The topological polar surface area (TPSA) is 98.8 Å². The van der Waals surface area contributed by atoms with Gasteiger partial charge in [-0.05, 0) is 40.2 Å². The third-order valence-corrected chi connectivity index (χ3v) is 4.30. The van der Waals surface area contributed by atoms with Gasteiger partial charge in [0.15, 0.2) is 5.17 Å². The predicted octanol–water partition coefficient (Wildman–Crippen LogP) is 2.91. The van der Waals surface area contributed by atoms with Crippen molar-refractivity contribution in [2.45, 2.75) is 45.3 Å². The number of aliphatic imine (C=N–C) groups is 1.